The molecule has 2 aromatic rings. The third kappa shape index (κ3) is 3.98. The van der Waals surface area contributed by atoms with Gasteiger partial charge in [0.25, 0.3) is 0 Å². The van der Waals surface area contributed by atoms with Gasteiger partial charge in [0.15, 0.2) is 0 Å². The van der Waals surface area contributed by atoms with Crippen LogP contribution >= 0.6 is 0 Å². The molecule has 1 unspecified atom stereocenters. The van der Waals surface area contributed by atoms with E-state index in [4.69, 9.17) is 9.47 Å². The van der Waals surface area contributed by atoms with E-state index in [1.807, 2.05) is 43.3 Å². The molecular formula is C14H18N2O2. The summed E-state index contributed by atoms with van der Waals surface area (Å²) in [5.41, 5.74) is 2.16. The molecule has 2 rings (SSSR count). The van der Waals surface area contributed by atoms with E-state index in [2.05, 4.69) is 10.2 Å². The highest BCUT2D eigenvalue weighted by Crippen LogP contribution is 2.12. The number of benzene rings is 1. The molecule has 4 heteroatoms. The van der Waals surface area contributed by atoms with Crippen LogP contribution in [0, 0.1) is 0 Å². The maximum absolute atomic E-state index is 5.63. The second-order valence-corrected chi connectivity index (χ2v) is 4.06. The molecule has 0 aliphatic carbocycles. The van der Waals surface area contributed by atoms with Crippen LogP contribution in [0.5, 0.6) is 0 Å². The molecule has 0 saturated carbocycles. The van der Waals surface area contributed by atoms with Gasteiger partial charge < -0.3 is 9.47 Å². The third-order valence-corrected chi connectivity index (χ3v) is 2.67. The van der Waals surface area contributed by atoms with Gasteiger partial charge in [-0.2, -0.15) is 5.10 Å². The number of H-pyrrole nitrogens is 1. The minimum atomic E-state index is 0.0211. The van der Waals surface area contributed by atoms with Crippen LogP contribution in [0.2, 0.25) is 0 Å². The number of ether oxygens (including phenoxy) is 2. The monoisotopic (exact) mass is 246 g/mol. The van der Waals surface area contributed by atoms with Gasteiger partial charge in [0.2, 0.25) is 0 Å². The molecule has 0 amide bonds. The van der Waals surface area contributed by atoms with Crippen LogP contribution in [0.15, 0.2) is 42.6 Å². The van der Waals surface area contributed by atoms with E-state index in [0.29, 0.717) is 19.8 Å². The molecule has 0 saturated heterocycles. The summed E-state index contributed by atoms with van der Waals surface area (Å²) < 4.78 is 11.2. The van der Waals surface area contributed by atoms with Crippen LogP contribution in [0.25, 0.3) is 0 Å². The first-order chi connectivity index (χ1) is 8.86. The molecule has 1 atom stereocenters. The highest BCUT2D eigenvalue weighted by atomic mass is 16.5. The van der Waals surface area contributed by atoms with Gasteiger partial charge in [-0.15, -0.1) is 0 Å². The first-order valence-electron chi connectivity index (χ1n) is 6.09. The summed E-state index contributed by atoms with van der Waals surface area (Å²) in [5, 5.41) is 6.78. The number of nitrogens with one attached hydrogen (secondary N) is 1. The van der Waals surface area contributed by atoms with Crippen molar-refractivity contribution in [2.45, 2.75) is 19.6 Å². The molecule has 0 aliphatic heterocycles. The molecule has 1 aromatic heterocycles. The van der Waals surface area contributed by atoms with E-state index in [1.165, 1.54) is 5.56 Å². The maximum atomic E-state index is 5.63. The number of aromatic amines is 1. The van der Waals surface area contributed by atoms with Crippen LogP contribution < -0.4 is 0 Å². The van der Waals surface area contributed by atoms with Crippen LogP contribution in [0.3, 0.4) is 0 Å². The van der Waals surface area contributed by atoms with Crippen molar-refractivity contribution in [3.63, 3.8) is 0 Å². The van der Waals surface area contributed by atoms with Gasteiger partial charge in [-0.25, -0.2) is 0 Å². The predicted octanol–water partition coefficient (Wildman–Crippen LogP) is 2.70. The fourth-order valence-electron chi connectivity index (χ4n) is 1.63. The quantitative estimate of drug-likeness (QED) is 0.764. The summed E-state index contributed by atoms with van der Waals surface area (Å²) in [5.74, 6) is 0. The second-order valence-electron chi connectivity index (χ2n) is 4.06. The van der Waals surface area contributed by atoms with Crippen molar-refractivity contribution < 1.29 is 9.47 Å². The maximum Gasteiger partial charge on any atom is 0.0961 e. The van der Waals surface area contributed by atoms with Crippen LogP contribution in [-0.4, -0.2) is 23.4 Å². The zero-order valence-corrected chi connectivity index (χ0v) is 10.5. The van der Waals surface area contributed by atoms with Gasteiger partial charge in [0.1, 0.15) is 0 Å². The SMILES string of the molecule is CC(OCCOCc1ccccc1)c1ccn[nH]1. The Hall–Kier alpha value is -1.65. The van der Waals surface area contributed by atoms with Gasteiger partial charge in [-0.3, -0.25) is 5.10 Å². The topological polar surface area (TPSA) is 47.1 Å². The molecule has 0 aliphatic rings. The highest BCUT2D eigenvalue weighted by Gasteiger charge is 2.05. The number of rotatable bonds is 7. The summed E-state index contributed by atoms with van der Waals surface area (Å²) >= 11 is 0. The van der Waals surface area contributed by atoms with Crippen LogP contribution in [0.1, 0.15) is 24.3 Å². The third-order valence-electron chi connectivity index (χ3n) is 2.67. The number of hydrogen-bond acceptors (Lipinski definition) is 3. The Morgan fingerprint density at radius 1 is 1.17 bits per heavy atom. The lowest BCUT2D eigenvalue weighted by molar-refractivity contribution is 0.00508. The average molecular weight is 246 g/mol. The van der Waals surface area contributed by atoms with Crippen molar-refractivity contribution in [2.24, 2.45) is 0 Å². The molecule has 96 valence electrons. The lowest BCUT2D eigenvalue weighted by atomic mass is 10.2. The number of nitrogens with zero attached hydrogens (tertiary/aromatic N) is 1. The average Bonchev–Trinajstić information content (AvgIpc) is 2.93. The van der Waals surface area contributed by atoms with Gasteiger partial charge in [-0.1, -0.05) is 30.3 Å². The van der Waals surface area contributed by atoms with E-state index in [9.17, 15) is 0 Å². The highest BCUT2D eigenvalue weighted by molar-refractivity contribution is 5.13. The molecule has 1 heterocycles. The van der Waals surface area contributed by atoms with Crippen molar-refractivity contribution in [3.8, 4) is 0 Å². The largest absolute Gasteiger partial charge is 0.374 e. The fraction of sp³-hybridized carbons (Fsp3) is 0.357. The molecule has 0 spiro atoms. The molecule has 0 radical (unpaired) electrons. The van der Waals surface area contributed by atoms with Crippen LogP contribution in [-0.2, 0) is 16.1 Å². The zero-order valence-electron chi connectivity index (χ0n) is 10.5. The van der Waals surface area contributed by atoms with E-state index >= 15 is 0 Å². The van der Waals surface area contributed by atoms with E-state index in [-0.39, 0.29) is 6.10 Å². The number of hydrogen-bond donors (Lipinski definition) is 1. The standard InChI is InChI=1S/C14H18N2O2/c1-12(14-7-8-15-16-14)18-10-9-17-11-13-5-3-2-4-6-13/h2-8,12H,9-11H2,1H3,(H,15,16). The smallest absolute Gasteiger partial charge is 0.0961 e. The minimum absolute atomic E-state index is 0.0211. The second kappa shape index (κ2) is 6.93. The molecular weight excluding hydrogens is 228 g/mol. The molecule has 0 bridgehead atoms. The summed E-state index contributed by atoms with van der Waals surface area (Å²) in [6, 6.07) is 12.0. The molecule has 1 N–H and O–H groups in total. The first kappa shape index (κ1) is 12.8. The number of aromatic nitrogens is 2. The van der Waals surface area contributed by atoms with E-state index in [1.54, 1.807) is 6.20 Å². The minimum Gasteiger partial charge on any atom is -0.374 e. The summed E-state index contributed by atoms with van der Waals surface area (Å²) in [7, 11) is 0. The summed E-state index contributed by atoms with van der Waals surface area (Å²) in [4.78, 5) is 0. The molecule has 4 nitrogen and oxygen atoms in total. The molecule has 0 fully saturated rings. The van der Waals surface area contributed by atoms with Gasteiger partial charge >= 0.3 is 0 Å². The van der Waals surface area contributed by atoms with Crippen molar-refractivity contribution in [2.75, 3.05) is 13.2 Å². The van der Waals surface area contributed by atoms with Crippen molar-refractivity contribution in [1.82, 2.24) is 10.2 Å². The lowest BCUT2D eigenvalue weighted by Crippen LogP contribution is -2.08. The Balaban J connectivity index is 1.59. The van der Waals surface area contributed by atoms with E-state index < -0.39 is 0 Å². The summed E-state index contributed by atoms with van der Waals surface area (Å²) in [6.45, 7) is 3.79. The predicted molar refractivity (Wildman–Crippen MR) is 69.1 cm³/mol. The zero-order chi connectivity index (χ0) is 12.6. The summed E-state index contributed by atoms with van der Waals surface area (Å²) in [6.07, 6.45) is 1.74. The van der Waals surface area contributed by atoms with Gasteiger partial charge in [0.05, 0.1) is 31.6 Å². The van der Waals surface area contributed by atoms with E-state index in [0.717, 1.165) is 5.69 Å². The van der Waals surface area contributed by atoms with Crippen LogP contribution in [0.4, 0.5) is 0 Å². The fourth-order valence-corrected chi connectivity index (χ4v) is 1.63. The lowest BCUT2D eigenvalue weighted by Gasteiger charge is -2.11. The Labute approximate surface area is 107 Å². The Morgan fingerprint density at radius 2 is 2.00 bits per heavy atom. The van der Waals surface area contributed by atoms with Crippen molar-refractivity contribution in [1.29, 1.82) is 0 Å². The van der Waals surface area contributed by atoms with Crippen molar-refractivity contribution in [3.05, 3.63) is 53.9 Å². The Bertz CT molecular complexity index is 428. The first-order valence-corrected chi connectivity index (χ1v) is 6.09. The normalized spacial score (nSPS) is 12.5. The Kier molecular flexibility index (Phi) is 4.93. The van der Waals surface area contributed by atoms with Crippen molar-refractivity contribution >= 4 is 0 Å². The van der Waals surface area contributed by atoms with Gasteiger partial charge in [0, 0.05) is 6.20 Å². The molecule has 1 aromatic carbocycles. The Morgan fingerprint density at radius 3 is 2.72 bits per heavy atom. The van der Waals surface area contributed by atoms with Gasteiger partial charge in [-0.05, 0) is 18.6 Å². The molecule has 18 heavy (non-hydrogen) atoms.